The highest BCUT2D eigenvalue weighted by molar-refractivity contribution is 5.69. The number of H-pyrrole nitrogens is 6. The van der Waals surface area contributed by atoms with Crippen molar-refractivity contribution in [2.75, 3.05) is 0 Å². The number of aryl methyl sites for hydroxylation is 2. The maximum absolute atomic E-state index is 11.1. The zero-order valence-corrected chi connectivity index (χ0v) is 13.3. The number of imidazole rings is 2. The van der Waals surface area contributed by atoms with Gasteiger partial charge in [-0.2, -0.15) is 0 Å². The van der Waals surface area contributed by atoms with Crippen molar-refractivity contribution in [3.05, 3.63) is 62.6 Å². The van der Waals surface area contributed by atoms with Gasteiger partial charge in [0, 0.05) is 14.1 Å². The zero-order chi connectivity index (χ0) is 19.2. The topological polar surface area (TPSA) is 207 Å². The van der Waals surface area contributed by atoms with Gasteiger partial charge in [0.05, 0.1) is 0 Å². The molecule has 4 heterocycles. The third-order valence-corrected chi connectivity index (χ3v) is 3.59. The van der Waals surface area contributed by atoms with Crippen LogP contribution in [-0.4, -0.2) is 39.0 Å². The fourth-order valence-electron chi connectivity index (χ4n) is 2.27. The Balaban J connectivity index is 0.000000151. The first kappa shape index (κ1) is 16.7. The highest BCUT2D eigenvalue weighted by atomic mass is 16.2. The molecule has 0 bridgehead atoms. The predicted octanol–water partition coefficient (Wildman–Crippen LogP) is -3.51. The van der Waals surface area contributed by atoms with Gasteiger partial charge in [0.25, 0.3) is 11.1 Å². The van der Waals surface area contributed by atoms with Crippen LogP contribution in [0.1, 0.15) is 0 Å². The molecule has 0 atom stereocenters. The molecule has 26 heavy (non-hydrogen) atoms. The molecule has 0 saturated carbocycles. The molecule has 0 radical (unpaired) electrons. The lowest BCUT2D eigenvalue weighted by Gasteiger charge is -1.90. The van der Waals surface area contributed by atoms with Crippen LogP contribution in [0.4, 0.5) is 0 Å². The minimum absolute atomic E-state index is 0.0760. The molecule has 4 aromatic rings. The predicted molar refractivity (Wildman–Crippen MR) is 89.6 cm³/mol. The third-order valence-electron chi connectivity index (χ3n) is 3.59. The quantitative estimate of drug-likeness (QED) is 0.186. The number of hydrogen-bond donors (Lipinski definition) is 6. The summed E-state index contributed by atoms with van der Waals surface area (Å²) in [4.78, 5) is 79.3. The van der Waals surface area contributed by atoms with E-state index in [0.29, 0.717) is 0 Å². The minimum atomic E-state index is -0.632. The second-order valence-corrected chi connectivity index (χ2v) is 5.24. The fourth-order valence-corrected chi connectivity index (χ4v) is 2.27. The van der Waals surface area contributed by atoms with E-state index < -0.39 is 33.9 Å². The summed E-state index contributed by atoms with van der Waals surface area (Å²) in [5, 5.41) is 0. The van der Waals surface area contributed by atoms with Gasteiger partial charge >= 0.3 is 22.8 Å². The number of aromatic nitrogens is 8. The summed E-state index contributed by atoms with van der Waals surface area (Å²) in [6.07, 6.45) is 0. The fraction of sp³-hybridized carbons (Fsp3) is 0.167. The summed E-state index contributed by atoms with van der Waals surface area (Å²) in [5.74, 6) is 0. The number of nitrogens with zero attached hydrogens (tertiary/aromatic N) is 2. The van der Waals surface area contributed by atoms with Crippen molar-refractivity contribution in [2.45, 2.75) is 0 Å². The summed E-state index contributed by atoms with van der Waals surface area (Å²) in [6.45, 7) is 0. The first-order chi connectivity index (χ1) is 12.2. The van der Waals surface area contributed by atoms with Crippen molar-refractivity contribution in [2.24, 2.45) is 14.1 Å². The van der Waals surface area contributed by atoms with Crippen LogP contribution in [0.5, 0.6) is 0 Å². The van der Waals surface area contributed by atoms with E-state index in [4.69, 9.17) is 0 Å². The van der Waals surface area contributed by atoms with Crippen LogP contribution in [0.25, 0.3) is 22.3 Å². The van der Waals surface area contributed by atoms with Gasteiger partial charge in [0.15, 0.2) is 11.0 Å². The van der Waals surface area contributed by atoms with Crippen molar-refractivity contribution in [1.82, 2.24) is 39.0 Å². The van der Waals surface area contributed by atoms with Gasteiger partial charge in [-0.05, 0) is 0 Å². The SMILES string of the molecule is Cn1c(=O)[nH]c2c(=O)[nH]c(=O)[nH]c21.Cn1c(=O)[nH]c2c(=O)[nH]c(=O)[nH]c21. The van der Waals surface area contributed by atoms with Crippen LogP contribution in [0.2, 0.25) is 0 Å². The van der Waals surface area contributed by atoms with Crippen molar-refractivity contribution < 1.29 is 0 Å². The standard InChI is InChI=1S/2C6H6N4O3/c2*1-10-3-2(7-6(10)13)4(11)9-5(12)8-3/h2*1H3,(H,7,13)(H2,8,9,11,12). The van der Waals surface area contributed by atoms with Crippen molar-refractivity contribution >= 4 is 22.3 Å². The normalized spacial score (nSPS) is 10.8. The summed E-state index contributed by atoms with van der Waals surface area (Å²) >= 11 is 0. The molecule has 136 valence electrons. The van der Waals surface area contributed by atoms with Gasteiger partial charge in [-0.1, -0.05) is 0 Å². The van der Waals surface area contributed by atoms with E-state index in [1.807, 2.05) is 9.97 Å². The van der Waals surface area contributed by atoms with Gasteiger partial charge < -0.3 is 0 Å². The number of nitrogens with one attached hydrogen (secondary N) is 6. The van der Waals surface area contributed by atoms with Crippen LogP contribution >= 0.6 is 0 Å². The van der Waals surface area contributed by atoms with E-state index in [9.17, 15) is 28.8 Å². The van der Waals surface area contributed by atoms with E-state index >= 15 is 0 Å². The molecule has 0 aliphatic heterocycles. The molecule has 4 aromatic heterocycles. The molecule has 0 spiro atoms. The Kier molecular flexibility index (Phi) is 3.71. The number of hydrogen-bond acceptors (Lipinski definition) is 6. The Morgan fingerprint density at radius 3 is 1.23 bits per heavy atom. The van der Waals surface area contributed by atoms with Crippen LogP contribution in [0, 0.1) is 0 Å². The Morgan fingerprint density at radius 1 is 0.538 bits per heavy atom. The molecule has 14 heteroatoms. The Morgan fingerprint density at radius 2 is 0.885 bits per heavy atom. The molecular formula is C12H12N8O6. The zero-order valence-electron chi connectivity index (χ0n) is 13.3. The number of rotatable bonds is 0. The summed E-state index contributed by atoms with van der Waals surface area (Å²) in [6, 6.07) is 0. The van der Waals surface area contributed by atoms with E-state index in [2.05, 4.69) is 19.9 Å². The van der Waals surface area contributed by atoms with Crippen molar-refractivity contribution in [3.63, 3.8) is 0 Å². The van der Waals surface area contributed by atoms with Gasteiger partial charge in [-0.25, -0.2) is 19.2 Å². The summed E-state index contributed by atoms with van der Waals surface area (Å²) in [7, 11) is 2.91. The molecule has 14 nitrogen and oxygen atoms in total. The average molecular weight is 364 g/mol. The first-order valence-corrected chi connectivity index (χ1v) is 7.01. The molecular weight excluding hydrogens is 352 g/mol. The lowest BCUT2D eigenvalue weighted by molar-refractivity contribution is 0.873. The lowest BCUT2D eigenvalue weighted by atomic mass is 10.5. The van der Waals surface area contributed by atoms with Crippen LogP contribution < -0.4 is 33.9 Å². The summed E-state index contributed by atoms with van der Waals surface area (Å²) in [5.41, 5.74) is -2.81. The molecule has 0 aromatic carbocycles. The van der Waals surface area contributed by atoms with E-state index in [1.165, 1.54) is 14.1 Å². The molecule has 0 fully saturated rings. The maximum Gasteiger partial charge on any atom is 0.327 e. The molecule has 0 amide bonds. The van der Waals surface area contributed by atoms with Gasteiger partial charge in [0.1, 0.15) is 11.3 Å². The largest absolute Gasteiger partial charge is 0.327 e. The molecule has 0 saturated heterocycles. The van der Waals surface area contributed by atoms with Gasteiger partial charge in [-0.3, -0.25) is 48.6 Å². The van der Waals surface area contributed by atoms with E-state index in [0.717, 1.165) is 9.13 Å². The Bertz CT molecular complexity index is 1370. The first-order valence-electron chi connectivity index (χ1n) is 7.01. The van der Waals surface area contributed by atoms with Gasteiger partial charge in [0.2, 0.25) is 0 Å². The van der Waals surface area contributed by atoms with Crippen LogP contribution in [0.3, 0.4) is 0 Å². The van der Waals surface area contributed by atoms with Crippen LogP contribution in [-0.2, 0) is 14.1 Å². The lowest BCUT2D eigenvalue weighted by Crippen LogP contribution is -2.22. The maximum atomic E-state index is 11.1. The molecule has 6 N–H and O–H groups in total. The van der Waals surface area contributed by atoms with E-state index in [-0.39, 0.29) is 22.3 Å². The Labute approximate surface area is 139 Å². The molecule has 0 unspecified atom stereocenters. The minimum Gasteiger partial charge on any atom is -0.300 e. The van der Waals surface area contributed by atoms with Crippen molar-refractivity contribution in [3.8, 4) is 0 Å². The van der Waals surface area contributed by atoms with Crippen LogP contribution in [0.15, 0.2) is 28.8 Å². The molecule has 0 aliphatic carbocycles. The third kappa shape index (κ3) is 2.64. The second kappa shape index (κ2) is 5.76. The van der Waals surface area contributed by atoms with Gasteiger partial charge in [-0.15, -0.1) is 0 Å². The molecule has 0 aliphatic rings. The summed E-state index contributed by atoms with van der Waals surface area (Å²) < 4.78 is 2.32. The van der Waals surface area contributed by atoms with E-state index in [1.54, 1.807) is 0 Å². The number of fused-ring (bicyclic) bond motifs is 2. The Hall–Kier alpha value is -4.10. The highest BCUT2D eigenvalue weighted by Gasteiger charge is 2.07. The molecule has 4 rings (SSSR count). The second-order valence-electron chi connectivity index (χ2n) is 5.24. The monoisotopic (exact) mass is 364 g/mol. The highest BCUT2D eigenvalue weighted by Crippen LogP contribution is 1.94. The average Bonchev–Trinajstić information content (AvgIpc) is 3.00. The van der Waals surface area contributed by atoms with Crippen molar-refractivity contribution in [1.29, 1.82) is 0 Å². The number of aromatic amines is 6. The smallest absolute Gasteiger partial charge is 0.300 e.